The van der Waals surface area contributed by atoms with E-state index >= 15 is 0 Å². The Labute approximate surface area is 170 Å². The topological polar surface area (TPSA) is 115 Å². The minimum Gasteiger partial charge on any atom is -0.483 e. The van der Waals surface area contributed by atoms with E-state index in [1.165, 1.54) is 32.5 Å². The SMILES string of the molecule is CCN1CCCC1CN1CCN(c2ccc3nccn3n2)CC1.O=CO.O=CO. The molecule has 29 heavy (non-hydrogen) atoms. The van der Waals surface area contributed by atoms with E-state index in [2.05, 4.69) is 37.8 Å². The number of fused-ring (bicyclic) bond motifs is 1. The van der Waals surface area contributed by atoms with Crippen LogP contribution in [0.15, 0.2) is 24.5 Å². The number of imidazole rings is 1. The van der Waals surface area contributed by atoms with Crippen molar-refractivity contribution in [3.63, 3.8) is 0 Å². The van der Waals surface area contributed by atoms with Crippen molar-refractivity contribution in [2.45, 2.75) is 25.8 Å². The van der Waals surface area contributed by atoms with Crippen molar-refractivity contribution in [1.29, 1.82) is 0 Å². The van der Waals surface area contributed by atoms with Crippen LogP contribution < -0.4 is 4.90 Å². The molecule has 4 rings (SSSR count). The molecule has 2 aromatic rings. The highest BCUT2D eigenvalue weighted by atomic mass is 16.3. The van der Waals surface area contributed by atoms with E-state index < -0.39 is 0 Å². The first kappa shape index (κ1) is 22.6. The summed E-state index contributed by atoms with van der Waals surface area (Å²) in [5, 5.41) is 18.4. The van der Waals surface area contributed by atoms with Gasteiger partial charge in [-0.05, 0) is 38.1 Å². The molecule has 0 spiro atoms. The van der Waals surface area contributed by atoms with Crippen molar-refractivity contribution in [1.82, 2.24) is 24.4 Å². The van der Waals surface area contributed by atoms with Gasteiger partial charge in [-0.3, -0.25) is 19.4 Å². The van der Waals surface area contributed by atoms with Crippen molar-refractivity contribution < 1.29 is 19.8 Å². The minimum atomic E-state index is -0.250. The van der Waals surface area contributed by atoms with Crippen molar-refractivity contribution >= 4 is 24.4 Å². The first-order valence-corrected chi connectivity index (χ1v) is 9.84. The van der Waals surface area contributed by atoms with Crippen molar-refractivity contribution in [3.05, 3.63) is 24.5 Å². The Kier molecular flexibility index (Phi) is 9.32. The van der Waals surface area contributed by atoms with E-state index in [-0.39, 0.29) is 12.9 Å². The van der Waals surface area contributed by atoms with Gasteiger partial charge in [0.15, 0.2) is 5.65 Å². The van der Waals surface area contributed by atoms with Crippen LogP contribution in [0.4, 0.5) is 5.82 Å². The summed E-state index contributed by atoms with van der Waals surface area (Å²) < 4.78 is 1.86. The Morgan fingerprint density at radius 1 is 1.10 bits per heavy atom. The number of piperazine rings is 1. The molecule has 0 aliphatic carbocycles. The van der Waals surface area contributed by atoms with Crippen LogP contribution in [-0.2, 0) is 9.59 Å². The van der Waals surface area contributed by atoms with Gasteiger partial charge < -0.3 is 15.1 Å². The Balaban J connectivity index is 0.000000449. The van der Waals surface area contributed by atoms with Crippen molar-refractivity contribution in [2.75, 3.05) is 50.7 Å². The molecule has 10 heteroatoms. The summed E-state index contributed by atoms with van der Waals surface area (Å²) in [5.41, 5.74) is 0.910. The average molecular weight is 406 g/mol. The monoisotopic (exact) mass is 406 g/mol. The molecule has 2 N–H and O–H groups in total. The lowest BCUT2D eigenvalue weighted by molar-refractivity contribution is -0.123. The van der Waals surface area contributed by atoms with Gasteiger partial charge in [0, 0.05) is 51.2 Å². The predicted octanol–water partition coefficient (Wildman–Crippen LogP) is 0.737. The molecule has 0 amide bonds. The van der Waals surface area contributed by atoms with Gasteiger partial charge in [-0.25, -0.2) is 9.50 Å². The van der Waals surface area contributed by atoms with Gasteiger partial charge in [0.2, 0.25) is 0 Å². The van der Waals surface area contributed by atoms with Gasteiger partial charge in [0.05, 0.1) is 0 Å². The van der Waals surface area contributed by atoms with Gasteiger partial charge in [0.1, 0.15) is 5.82 Å². The van der Waals surface area contributed by atoms with Crippen LogP contribution in [0.1, 0.15) is 19.8 Å². The highest BCUT2D eigenvalue weighted by molar-refractivity contribution is 5.46. The smallest absolute Gasteiger partial charge is 0.290 e. The van der Waals surface area contributed by atoms with E-state index in [1.54, 1.807) is 6.20 Å². The summed E-state index contributed by atoms with van der Waals surface area (Å²) in [6.45, 7) is 9.90. The fraction of sp³-hybridized carbons (Fsp3) is 0.579. The molecule has 2 saturated heterocycles. The normalized spacial score (nSPS) is 19.8. The lowest BCUT2D eigenvalue weighted by Crippen LogP contribution is -2.50. The molecule has 1 unspecified atom stereocenters. The largest absolute Gasteiger partial charge is 0.483 e. The second kappa shape index (κ2) is 12.0. The summed E-state index contributed by atoms with van der Waals surface area (Å²) in [7, 11) is 0. The Morgan fingerprint density at radius 3 is 2.45 bits per heavy atom. The number of likely N-dealkylation sites (N-methyl/N-ethyl adjacent to an activating group) is 1. The summed E-state index contributed by atoms with van der Waals surface area (Å²) in [6.07, 6.45) is 6.44. The molecule has 2 aromatic heterocycles. The molecule has 2 aliphatic heterocycles. The molecule has 10 nitrogen and oxygen atoms in total. The van der Waals surface area contributed by atoms with Crippen LogP contribution in [0.3, 0.4) is 0 Å². The number of anilines is 1. The number of aromatic nitrogens is 3. The van der Waals surface area contributed by atoms with Crippen LogP contribution in [0.25, 0.3) is 5.65 Å². The van der Waals surface area contributed by atoms with Crippen LogP contribution in [0.2, 0.25) is 0 Å². The molecule has 2 fully saturated rings. The van der Waals surface area contributed by atoms with Crippen molar-refractivity contribution in [3.8, 4) is 0 Å². The molecule has 0 aromatic carbocycles. The quantitative estimate of drug-likeness (QED) is 0.709. The van der Waals surface area contributed by atoms with Crippen molar-refractivity contribution in [2.24, 2.45) is 0 Å². The number of carbonyl (C=O) groups is 2. The molecule has 0 saturated carbocycles. The van der Waals surface area contributed by atoms with E-state index in [9.17, 15) is 0 Å². The number of hydrogen-bond acceptors (Lipinski definition) is 7. The summed E-state index contributed by atoms with van der Waals surface area (Å²) in [5.74, 6) is 1.06. The zero-order chi connectivity index (χ0) is 21.1. The third-order valence-electron chi connectivity index (χ3n) is 5.31. The predicted molar refractivity (Wildman–Crippen MR) is 109 cm³/mol. The molecule has 0 bridgehead atoms. The van der Waals surface area contributed by atoms with E-state index in [1.807, 2.05) is 16.8 Å². The molecule has 1 atom stereocenters. The lowest BCUT2D eigenvalue weighted by atomic mass is 10.2. The zero-order valence-corrected chi connectivity index (χ0v) is 16.8. The first-order valence-electron chi connectivity index (χ1n) is 9.84. The van der Waals surface area contributed by atoms with Gasteiger partial charge in [0.25, 0.3) is 12.9 Å². The molecule has 160 valence electrons. The molecular weight excluding hydrogens is 376 g/mol. The number of hydrogen-bond donors (Lipinski definition) is 2. The molecule has 0 radical (unpaired) electrons. The zero-order valence-electron chi connectivity index (χ0n) is 16.8. The Bertz CT molecular complexity index is 741. The summed E-state index contributed by atoms with van der Waals surface area (Å²) in [4.78, 5) is 28.6. The molecule has 4 heterocycles. The number of nitrogens with zero attached hydrogens (tertiary/aromatic N) is 6. The van der Waals surface area contributed by atoms with Gasteiger partial charge >= 0.3 is 0 Å². The van der Waals surface area contributed by atoms with Gasteiger partial charge in [-0.1, -0.05) is 6.92 Å². The highest BCUT2D eigenvalue weighted by Crippen LogP contribution is 2.19. The third kappa shape index (κ3) is 6.40. The number of carboxylic acid groups (broad SMARTS) is 2. The maximum absolute atomic E-state index is 8.36. The third-order valence-corrected chi connectivity index (χ3v) is 5.31. The van der Waals surface area contributed by atoms with Gasteiger partial charge in [-0.2, -0.15) is 0 Å². The van der Waals surface area contributed by atoms with Crippen LogP contribution >= 0.6 is 0 Å². The Hall–Kier alpha value is -2.72. The summed E-state index contributed by atoms with van der Waals surface area (Å²) >= 11 is 0. The first-order chi connectivity index (χ1) is 14.2. The standard InChI is InChI=1S/C17H26N6.2CH2O2/c1-2-21-8-3-4-15(21)14-20-10-12-22(13-11-20)17-6-5-16-18-7-9-23(16)19-17;2*2-1-3/h5-7,9,15H,2-4,8,10-14H2,1H3;2*1H,(H,2,3). The summed E-state index contributed by atoms with van der Waals surface area (Å²) in [6, 6.07) is 4.91. The van der Waals surface area contributed by atoms with Gasteiger partial charge in [-0.15, -0.1) is 5.10 Å². The Morgan fingerprint density at radius 2 is 1.79 bits per heavy atom. The van der Waals surface area contributed by atoms with E-state index in [0.29, 0.717) is 0 Å². The fourth-order valence-electron chi connectivity index (χ4n) is 3.95. The lowest BCUT2D eigenvalue weighted by Gasteiger charge is -2.37. The fourth-order valence-corrected chi connectivity index (χ4v) is 3.95. The number of likely N-dealkylation sites (tertiary alicyclic amines) is 1. The van der Waals surface area contributed by atoms with Crippen LogP contribution in [0.5, 0.6) is 0 Å². The average Bonchev–Trinajstić information content (AvgIpc) is 3.38. The molecular formula is C19H30N6O4. The number of rotatable bonds is 4. The van der Waals surface area contributed by atoms with E-state index in [4.69, 9.17) is 19.8 Å². The maximum Gasteiger partial charge on any atom is 0.290 e. The maximum atomic E-state index is 8.36. The van der Waals surface area contributed by atoms with E-state index in [0.717, 1.165) is 43.7 Å². The second-order valence-electron chi connectivity index (χ2n) is 6.84. The molecule has 2 aliphatic rings. The van der Waals surface area contributed by atoms with Crippen LogP contribution in [0, 0.1) is 0 Å². The second-order valence-corrected chi connectivity index (χ2v) is 6.84. The minimum absolute atomic E-state index is 0.250. The van der Waals surface area contributed by atoms with Crippen LogP contribution in [-0.4, -0.2) is 99.4 Å². The highest BCUT2D eigenvalue weighted by Gasteiger charge is 2.27.